The van der Waals surface area contributed by atoms with Crippen LogP contribution in [0.2, 0.25) is 0 Å². The summed E-state index contributed by atoms with van der Waals surface area (Å²) < 4.78 is 32.9. The van der Waals surface area contributed by atoms with Gasteiger partial charge in [0.2, 0.25) is 0 Å². The molecule has 0 aliphatic carbocycles. The van der Waals surface area contributed by atoms with E-state index in [2.05, 4.69) is 25.4 Å². The predicted molar refractivity (Wildman–Crippen MR) is 114 cm³/mol. The molecule has 0 amide bonds. The smallest absolute Gasteiger partial charge is 0.187 e. The molecule has 0 saturated carbocycles. The van der Waals surface area contributed by atoms with Gasteiger partial charge in [-0.1, -0.05) is 12.1 Å². The van der Waals surface area contributed by atoms with Crippen molar-refractivity contribution in [3.63, 3.8) is 0 Å². The number of hydrogen-bond donors (Lipinski definition) is 3. The number of H-pyrrole nitrogens is 1. The standard InChI is InChI=1S/C20H20FN5O3S/c1-4-12-8-19(24-23-12)22-14-10-16-13(9-17(14)28-3)20(25-29-16)26-30-18-7-11(21)5-6-15(18)27-2/h5-10H,4H2,1-3H3,(H,25,26)(H2,22,23,24). The van der Waals surface area contributed by atoms with E-state index in [9.17, 15) is 4.39 Å². The molecule has 10 heteroatoms. The Morgan fingerprint density at radius 3 is 2.70 bits per heavy atom. The number of aromatic amines is 1. The third-order valence-corrected chi connectivity index (χ3v) is 5.28. The van der Waals surface area contributed by atoms with Gasteiger partial charge in [-0.2, -0.15) is 5.10 Å². The number of nitrogens with zero attached hydrogens (tertiary/aromatic N) is 2. The van der Waals surface area contributed by atoms with Gasteiger partial charge in [0.1, 0.15) is 17.3 Å². The minimum Gasteiger partial charge on any atom is -0.496 e. The van der Waals surface area contributed by atoms with Crippen LogP contribution < -0.4 is 19.5 Å². The summed E-state index contributed by atoms with van der Waals surface area (Å²) in [5.41, 5.74) is 2.27. The number of hydrogen-bond acceptors (Lipinski definition) is 8. The summed E-state index contributed by atoms with van der Waals surface area (Å²) in [5, 5.41) is 15.2. The molecule has 0 aliphatic heterocycles. The van der Waals surface area contributed by atoms with E-state index in [0.717, 1.165) is 17.5 Å². The molecule has 0 bridgehead atoms. The molecule has 2 aromatic carbocycles. The van der Waals surface area contributed by atoms with Crippen molar-refractivity contribution in [1.29, 1.82) is 0 Å². The van der Waals surface area contributed by atoms with Crippen LogP contribution >= 0.6 is 11.9 Å². The molecule has 4 aromatic rings. The molecule has 2 aromatic heterocycles. The Labute approximate surface area is 176 Å². The minimum absolute atomic E-state index is 0.355. The summed E-state index contributed by atoms with van der Waals surface area (Å²) in [6, 6.07) is 9.83. The van der Waals surface area contributed by atoms with E-state index in [0.29, 0.717) is 39.3 Å². The van der Waals surface area contributed by atoms with Crippen molar-refractivity contribution in [2.75, 3.05) is 24.3 Å². The van der Waals surface area contributed by atoms with Crippen molar-refractivity contribution >= 4 is 40.2 Å². The molecule has 156 valence electrons. The van der Waals surface area contributed by atoms with Crippen molar-refractivity contribution in [3.8, 4) is 11.5 Å². The van der Waals surface area contributed by atoms with Gasteiger partial charge in [0.25, 0.3) is 0 Å². The fourth-order valence-electron chi connectivity index (χ4n) is 2.88. The second kappa shape index (κ2) is 8.54. The number of rotatable bonds is 8. The van der Waals surface area contributed by atoms with Crippen molar-refractivity contribution < 1.29 is 18.4 Å². The van der Waals surface area contributed by atoms with E-state index in [-0.39, 0.29) is 5.82 Å². The molecule has 0 saturated heterocycles. The Bertz CT molecular complexity index is 1180. The maximum atomic E-state index is 13.6. The van der Waals surface area contributed by atoms with Crippen LogP contribution in [-0.2, 0) is 6.42 Å². The molecular weight excluding hydrogens is 409 g/mol. The number of fused-ring (bicyclic) bond motifs is 1. The average molecular weight is 429 g/mol. The van der Waals surface area contributed by atoms with E-state index < -0.39 is 0 Å². The first-order chi connectivity index (χ1) is 14.6. The second-order valence-electron chi connectivity index (χ2n) is 6.34. The molecule has 4 rings (SSSR count). The summed E-state index contributed by atoms with van der Waals surface area (Å²) in [6.45, 7) is 2.05. The number of anilines is 3. The second-order valence-corrected chi connectivity index (χ2v) is 7.18. The topological polar surface area (TPSA) is 97.2 Å². The van der Waals surface area contributed by atoms with Crippen LogP contribution in [0.15, 0.2) is 45.8 Å². The normalized spacial score (nSPS) is 10.9. The Hall–Kier alpha value is -3.40. The molecule has 0 spiro atoms. The fourth-order valence-corrected chi connectivity index (χ4v) is 3.66. The van der Waals surface area contributed by atoms with E-state index in [1.165, 1.54) is 31.2 Å². The quantitative estimate of drug-likeness (QED) is 0.332. The first-order valence-electron chi connectivity index (χ1n) is 9.16. The highest BCUT2D eigenvalue weighted by molar-refractivity contribution is 8.00. The third-order valence-electron chi connectivity index (χ3n) is 4.45. The maximum absolute atomic E-state index is 13.6. The first-order valence-corrected chi connectivity index (χ1v) is 9.98. The number of aromatic nitrogens is 3. The molecule has 0 fully saturated rings. The highest BCUT2D eigenvalue weighted by Crippen LogP contribution is 2.37. The highest BCUT2D eigenvalue weighted by atomic mass is 32.2. The van der Waals surface area contributed by atoms with Gasteiger partial charge in [-0.05, 0) is 42.6 Å². The van der Waals surface area contributed by atoms with Gasteiger partial charge >= 0.3 is 0 Å². The van der Waals surface area contributed by atoms with E-state index in [1.807, 2.05) is 19.1 Å². The van der Waals surface area contributed by atoms with Crippen LogP contribution in [0.3, 0.4) is 0 Å². The fraction of sp³-hybridized carbons (Fsp3) is 0.200. The number of aryl methyl sites for hydroxylation is 1. The first kappa shape index (κ1) is 19.9. The monoisotopic (exact) mass is 429 g/mol. The molecule has 30 heavy (non-hydrogen) atoms. The number of methoxy groups -OCH3 is 2. The zero-order chi connectivity index (χ0) is 21.1. The summed E-state index contributed by atoms with van der Waals surface area (Å²) in [4.78, 5) is 0.587. The van der Waals surface area contributed by atoms with Crippen molar-refractivity contribution in [2.45, 2.75) is 18.2 Å². The summed E-state index contributed by atoms with van der Waals surface area (Å²) in [6.07, 6.45) is 0.857. The lowest BCUT2D eigenvalue weighted by molar-refractivity contribution is 0.403. The van der Waals surface area contributed by atoms with E-state index in [1.54, 1.807) is 19.2 Å². The molecular formula is C20H20FN5O3S. The zero-order valence-electron chi connectivity index (χ0n) is 16.6. The molecule has 8 nitrogen and oxygen atoms in total. The van der Waals surface area contributed by atoms with Crippen molar-refractivity contribution in [1.82, 2.24) is 15.4 Å². The lowest BCUT2D eigenvalue weighted by Gasteiger charge is -2.10. The molecule has 0 atom stereocenters. The van der Waals surface area contributed by atoms with Gasteiger partial charge < -0.3 is 24.0 Å². The SMILES string of the molecule is CCc1cc(Nc2cc3onc(NSc4cc(F)ccc4OC)c3cc2OC)n[nH]1. The Morgan fingerprint density at radius 1 is 1.13 bits per heavy atom. The van der Waals surface area contributed by atoms with Gasteiger partial charge in [0.15, 0.2) is 17.2 Å². The largest absolute Gasteiger partial charge is 0.496 e. The van der Waals surface area contributed by atoms with Crippen LogP contribution in [0.1, 0.15) is 12.6 Å². The molecule has 0 radical (unpaired) electrons. The maximum Gasteiger partial charge on any atom is 0.187 e. The zero-order valence-corrected chi connectivity index (χ0v) is 17.4. The summed E-state index contributed by atoms with van der Waals surface area (Å²) >= 11 is 1.18. The minimum atomic E-state index is -0.355. The number of nitrogens with one attached hydrogen (secondary N) is 3. The Kier molecular flexibility index (Phi) is 5.66. The van der Waals surface area contributed by atoms with Gasteiger partial charge in [0, 0.05) is 17.8 Å². The van der Waals surface area contributed by atoms with Gasteiger partial charge in [-0.25, -0.2) is 4.39 Å². The van der Waals surface area contributed by atoms with E-state index in [4.69, 9.17) is 14.0 Å². The number of benzene rings is 2. The van der Waals surface area contributed by atoms with Crippen LogP contribution in [0, 0.1) is 5.82 Å². The predicted octanol–water partition coefficient (Wildman–Crippen LogP) is 5.13. The van der Waals surface area contributed by atoms with Crippen LogP contribution in [0.25, 0.3) is 11.0 Å². The lowest BCUT2D eigenvalue weighted by atomic mass is 10.2. The third kappa shape index (κ3) is 3.99. The molecule has 2 heterocycles. The summed E-state index contributed by atoms with van der Waals surface area (Å²) in [7, 11) is 3.12. The number of ether oxygens (including phenoxy) is 2. The van der Waals surface area contributed by atoms with Gasteiger partial charge in [-0.3, -0.25) is 5.10 Å². The Morgan fingerprint density at radius 2 is 1.97 bits per heavy atom. The van der Waals surface area contributed by atoms with Crippen LogP contribution in [0.5, 0.6) is 11.5 Å². The van der Waals surface area contributed by atoms with Crippen molar-refractivity contribution in [3.05, 3.63) is 47.9 Å². The van der Waals surface area contributed by atoms with Gasteiger partial charge in [-0.15, -0.1) is 0 Å². The number of halogens is 1. The molecule has 3 N–H and O–H groups in total. The van der Waals surface area contributed by atoms with Crippen molar-refractivity contribution in [2.24, 2.45) is 0 Å². The van der Waals surface area contributed by atoms with E-state index >= 15 is 0 Å². The van der Waals surface area contributed by atoms with Gasteiger partial charge in [0.05, 0.1) is 30.2 Å². The lowest BCUT2D eigenvalue weighted by Crippen LogP contribution is -1.95. The van der Waals surface area contributed by atoms with Crippen LogP contribution in [-0.4, -0.2) is 29.6 Å². The highest BCUT2D eigenvalue weighted by Gasteiger charge is 2.16. The summed E-state index contributed by atoms with van der Waals surface area (Å²) in [5.74, 6) is 1.96. The van der Waals surface area contributed by atoms with Crippen LogP contribution in [0.4, 0.5) is 21.7 Å². The average Bonchev–Trinajstić information content (AvgIpc) is 3.38. The Balaban J connectivity index is 1.59. The molecule has 0 aliphatic rings. The molecule has 0 unspecified atom stereocenters.